The van der Waals surface area contributed by atoms with Gasteiger partial charge >= 0.3 is 0 Å². The van der Waals surface area contributed by atoms with Gasteiger partial charge in [-0.15, -0.1) is 0 Å². The van der Waals surface area contributed by atoms with Crippen LogP contribution in [0.25, 0.3) is 0 Å². The van der Waals surface area contributed by atoms with E-state index in [2.05, 4.69) is 36.6 Å². The van der Waals surface area contributed by atoms with Gasteiger partial charge in [-0.2, -0.15) is 0 Å². The standard InChI is InChI=1S/C13H26N2O/c1-5-6-13(7-9-14(2)3)8-10-15(4)11-12-16/h5-6,16H,1,7-12H2,2-4H3/b13-6+. The SMILES string of the molecule is C=C/C=C(\CCN(C)C)CCN(C)CCO. The highest BCUT2D eigenvalue weighted by Gasteiger charge is 2.01. The number of nitrogens with zero attached hydrogens (tertiary/aromatic N) is 2. The van der Waals surface area contributed by atoms with Crippen molar-refractivity contribution in [3.8, 4) is 0 Å². The lowest BCUT2D eigenvalue weighted by Gasteiger charge is -2.17. The molecule has 94 valence electrons. The molecule has 0 spiro atoms. The second-order valence-corrected chi connectivity index (χ2v) is 4.39. The molecule has 0 aliphatic heterocycles. The van der Waals surface area contributed by atoms with E-state index in [-0.39, 0.29) is 6.61 Å². The molecule has 0 fully saturated rings. The Labute approximate surface area is 100 Å². The van der Waals surface area contributed by atoms with E-state index < -0.39 is 0 Å². The predicted molar refractivity (Wildman–Crippen MR) is 70.7 cm³/mol. The summed E-state index contributed by atoms with van der Waals surface area (Å²) in [4.78, 5) is 4.33. The lowest BCUT2D eigenvalue weighted by Crippen LogP contribution is -2.24. The zero-order chi connectivity index (χ0) is 12.4. The summed E-state index contributed by atoms with van der Waals surface area (Å²) in [6, 6.07) is 0. The number of hydrogen-bond acceptors (Lipinski definition) is 3. The summed E-state index contributed by atoms with van der Waals surface area (Å²) in [6.45, 7) is 6.79. The van der Waals surface area contributed by atoms with Gasteiger partial charge in [-0.05, 0) is 34.0 Å². The Kier molecular flexibility index (Phi) is 9.19. The zero-order valence-corrected chi connectivity index (χ0v) is 10.9. The molecule has 3 nitrogen and oxygen atoms in total. The highest BCUT2D eigenvalue weighted by molar-refractivity contribution is 5.10. The summed E-state index contributed by atoms with van der Waals surface area (Å²) in [5.41, 5.74) is 1.42. The van der Waals surface area contributed by atoms with Crippen LogP contribution in [0.15, 0.2) is 24.3 Å². The van der Waals surface area contributed by atoms with Crippen LogP contribution < -0.4 is 0 Å². The minimum absolute atomic E-state index is 0.231. The van der Waals surface area contributed by atoms with Gasteiger partial charge in [0, 0.05) is 19.6 Å². The van der Waals surface area contributed by atoms with Crippen molar-refractivity contribution in [2.75, 3.05) is 47.4 Å². The van der Waals surface area contributed by atoms with E-state index in [0.717, 1.165) is 32.5 Å². The highest BCUT2D eigenvalue weighted by Crippen LogP contribution is 2.08. The fraction of sp³-hybridized carbons (Fsp3) is 0.692. The topological polar surface area (TPSA) is 26.7 Å². The summed E-state index contributed by atoms with van der Waals surface area (Å²) in [5.74, 6) is 0. The second kappa shape index (κ2) is 9.58. The number of likely N-dealkylation sites (N-methyl/N-ethyl adjacent to an activating group) is 1. The fourth-order valence-corrected chi connectivity index (χ4v) is 1.44. The minimum atomic E-state index is 0.231. The molecule has 0 amide bonds. The van der Waals surface area contributed by atoms with Crippen molar-refractivity contribution in [1.29, 1.82) is 0 Å². The molecule has 0 aromatic carbocycles. The minimum Gasteiger partial charge on any atom is -0.395 e. The number of allylic oxidation sites excluding steroid dienone is 2. The molecular weight excluding hydrogens is 200 g/mol. The van der Waals surface area contributed by atoms with Crippen LogP contribution in [-0.2, 0) is 0 Å². The van der Waals surface area contributed by atoms with Gasteiger partial charge in [0.25, 0.3) is 0 Å². The Hall–Kier alpha value is -0.640. The predicted octanol–water partition coefficient (Wildman–Crippen LogP) is 1.36. The van der Waals surface area contributed by atoms with Gasteiger partial charge in [0.15, 0.2) is 0 Å². The highest BCUT2D eigenvalue weighted by atomic mass is 16.3. The Morgan fingerprint density at radius 2 is 1.75 bits per heavy atom. The second-order valence-electron chi connectivity index (χ2n) is 4.39. The first kappa shape index (κ1) is 15.4. The molecule has 0 saturated heterocycles. The van der Waals surface area contributed by atoms with Crippen LogP contribution in [0, 0.1) is 0 Å². The summed E-state index contributed by atoms with van der Waals surface area (Å²) in [7, 11) is 6.21. The first-order chi connectivity index (χ1) is 7.60. The van der Waals surface area contributed by atoms with Gasteiger partial charge < -0.3 is 14.9 Å². The smallest absolute Gasteiger partial charge is 0.0558 e. The number of aliphatic hydroxyl groups excluding tert-OH is 1. The molecule has 0 heterocycles. The van der Waals surface area contributed by atoms with Crippen molar-refractivity contribution in [2.45, 2.75) is 12.8 Å². The Morgan fingerprint density at radius 3 is 2.25 bits per heavy atom. The summed E-state index contributed by atoms with van der Waals surface area (Å²) in [5, 5.41) is 8.80. The maximum absolute atomic E-state index is 8.80. The van der Waals surface area contributed by atoms with Crippen LogP contribution in [0.5, 0.6) is 0 Å². The Morgan fingerprint density at radius 1 is 1.12 bits per heavy atom. The van der Waals surface area contributed by atoms with E-state index in [1.807, 2.05) is 13.1 Å². The van der Waals surface area contributed by atoms with Gasteiger partial charge in [-0.25, -0.2) is 0 Å². The molecule has 0 bridgehead atoms. The maximum atomic E-state index is 8.80. The molecule has 0 aliphatic rings. The number of hydrogen-bond donors (Lipinski definition) is 1. The van der Waals surface area contributed by atoms with E-state index in [1.165, 1.54) is 5.57 Å². The van der Waals surface area contributed by atoms with Crippen LogP contribution in [0.1, 0.15) is 12.8 Å². The fourth-order valence-electron chi connectivity index (χ4n) is 1.44. The van der Waals surface area contributed by atoms with Gasteiger partial charge in [0.05, 0.1) is 6.61 Å². The van der Waals surface area contributed by atoms with Crippen LogP contribution >= 0.6 is 0 Å². The first-order valence-corrected chi connectivity index (χ1v) is 5.84. The van der Waals surface area contributed by atoms with Crippen molar-refractivity contribution in [3.05, 3.63) is 24.3 Å². The first-order valence-electron chi connectivity index (χ1n) is 5.84. The van der Waals surface area contributed by atoms with E-state index in [0.29, 0.717) is 0 Å². The average molecular weight is 226 g/mol. The van der Waals surface area contributed by atoms with E-state index in [4.69, 9.17) is 5.11 Å². The summed E-state index contributed by atoms with van der Waals surface area (Å²) in [6.07, 6.45) is 6.11. The molecule has 1 N–H and O–H groups in total. The van der Waals surface area contributed by atoms with E-state index in [9.17, 15) is 0 Å². The third kappa shape index (κ3) is 8.65. The summed E-state index contributed by atoms with van der Waals surface area (Å²) >= 11 is 0. The van der Waals surface area contributed by atoms with E-state index >= 15 is 0 Å². The van der Waals surface area contributed by atoms with Gasteiger partial charge in [0.2, 0.25) is 0 Å². The van der Waals surface area contributed by atoms with E-state index in [1.54, 1.807) is 0 Å². The Balaban J connectivity index is 3.94. The molecule has 0 saturated carbocycles. The normalized spacial score (nSPS) is 12.5. The van der Waals surface area contributed by atoms with Crippen LogP contribution in [0.2, 0.25) is 0 Å². The van der Waals surface area contributed by atoms with Crippen LogP contribution in [0.4, 0.5) is 0 Å². The lowest BCUT2D eigenvalue weighted by atomic mass is 10.1. The average Bonchev–Trinajstić information content (AvgIpc) is 2.22. The Bertz CT molecular complexity index is 212. The molecule has 16 heavy (non-hydrogen) atoms. The maximum Gasteiger partial charge on any atom is 0.0558 e. The van der Waals surface area contributed by atoms with Crippen molar-refractivity contribution in [1.82, 2.24) is 9.80 Å². The molecule has 0 atom stereocenters. The summed E-state index contributed by atoms with van der Waals surface area (Å²) < 4.78 is 0. The van der Waals surface area contributed by atoms with Gasteiger partial charge in [-0.1, -0.05) is 24.3 Å². The van der Waals surface area contributed by atoms with Gasteiger partial charge in [0.1, 0.15) is 0 Å². The number of aliphatic hydroxyl groups is 1. The van der Waals surface area contributed by atoms with Crippen molar-refractivity contribution in [3.63, 3.8) is 0 Å². The van der Waals surface area contributed by atoms with Crippen molar-refractivity contribution < 1.29 is 5.11 Å². The molecule has 0 aromatic rings. The number of rotatable bonds is 9. The molecule has 0 aromatic heterocycles. The van der Waals surface area contributed by atoms with Crippen LogP contribution in [0.3, 0.4) is 0 Å². The molecule has 3 heteroatoms. The molecular formula is C13H26N2O. The zero-order valence-electron chi connectivity index (χ0n) is 10.9. The molecule has 0 rings (SSSR count). The quantitative estimate of drug-likeness (QED) is 0.601. The third-order valence-corrected chi connectivity index (χ3v) is 2.53. The van der Waals surface area contributed by atoms with Crippen LogP contribution in [-0.4, -0.2) is 62.3 Å². The van der Waals surface area contributed by atoms with Crippen molar-refractivity contribution in [2.24, 2.45) is 0 Å². The van der Waals surface area contributed by atoms with Crippen molar-refractivity contribution >= 4 is 0 Å². The third-order valence-electron chi connectivity index (χ3n) is 2.53. The molecule has 0 aliphatic carbocycles. The molecule has 0 unspecified atom stereocenters. The van der Waals surface area contributed by atoms with Gasteiger partial charge in [-0.3, -0.25) is 0 Å². The largest absolute Gasteiger partial charge is 0.395 e. The lowest BCUT2D eigenvalue weighted by molar-refractivity contribution is 0.222. The monoisotopic (exact) mass is 226 g/mol. The molecule has 0 radical (unpaired) electrons.